The summed E-state index contributed by atoms with van der Waals surface area (Å²) in [6.07, 6.45) is 0. The number of aliphatic hydroxyl groups is 1. The Morgan fingerprint density at radius 1 is 0.969 bits per heavy atom. The number of Topliss-reactive ketones (excluding diaryl/α,β-unsaturated/α-hetero) is 1. The maximum atomic E-state index is 13.3. The van der Waals surface area contributed by atoms with Crippen molar-refractivity contribution >= 4 is 34.5 Å². The van der Waals surface area contributed by atoms with Crippen LogP contribution in [0.4, 0.5) is 5.69 Å². The third-order valence-electron chi connectivity index (χ3n) is 5.99. The molecule has 32 heavy (non-hydrogen) atoms. The molecule has 0 spiro atoms. The number of hydrogen-bond acceptors (Lipinski definition) is 4. The summed E-state index contributed by atoms with van der Waals surface area (Å²) in [6, 6.07) is 16.4. The largest absolute Gasteiger partial charge is 0.507 e. The molecule has 0 bridgehead atoms. The molecule has 164 valence electrons. The first-order valence-electron chi connectivity index (χ1n) is 10.6. The minimum atomic E-state index is -0.671. The molecule has 3 aromatic rings. The van der Waals surface area contributed by atoms with Crippen molar-refractivity contribution in [2.75, 3.05) is 4.90 Å². The Hall–Kier alpha value is -3.18. The van der Waals surface area contributed by atoms with E-state index in [0.717, 1.165) is 21.6 Å². The summed E-state index contributed by atoms with van der Waals surface area (Å²) in [5.41, 5.74) is 4.11. The first-order valence-corrected chi connectivity index (χ1v) is 11.5. The van der Waals surface area contributed by atoms with Gasteiger partial charge in [0.05, 0.1) is 5.57 Å². The fraction of sp³-hybridized carbons (Fsp3) is 0.259. The van der Waals surface area contributed by atoms with Crippen LogP contribution in [0, 0.1) is 13.8 Å². The Bertz CT molecular complexity index is 1230. The van der Waals surface area contributed by atoms with E-state index in [4.69, 9.17) is 0 Å². The van der Waals surface area contributed by atoms with Crippen LogP contribution in [0.25, 0.3) is 5.76 Å². The summed E-state index contributed by atoms with van der Waals surface area (Å²) in [5.74, 6) is -1.41. The molecule has 1 aliphatic heterocycles. The Kier molecular flexibility index (Phi) is 5.55. The van der Waals surface area contributed by atoms with E-state index in [1.165, 1.54) is 16.2 Å². The Morgan fingerprint density at radius 3 is 2.25 bits per heavy atom. The number of para-hydroxylation sites is 1. The molecular weight excluding hydrogens is 418 g/mol. The number of thiophene rings is 1. The molecule has 0 radical (unpaired) electrons. The maximum Gasteiger partial charge on any atom is 0.300 e. The minimum Gasteiger partial charge on any atom is -0.507 e. The average Bonchev–Trinajstić information content (AvgIpc) is 3.28. The van der Waals surface area contributed by atoms with Crippen LogP contribution in [0.15, 0.2) is 65.6 Å². The van der Waals surface area contributed by atoms with Crippen molar-refractivity contribution in [2.45, 2.75) is 46.1 Å². The van der Waals surface area contributed by atoms with Crippen LogP contribution in [0.5, 0.6) is 0 Å². The van der Waals surface area contributed by atoms with Crippen molar-refractivity contribution in [2.24, 2.45) is 0 Å². The summed E-state index contributed by atoms with van der Waals surface area (Å²) in [7, 11) is 0. The second-order valence-corrected chi connectivity index (χ2v) is 10.2. The first-order chi connectivity index (χ1) is 15.1. The molecule has 0 aliphatic carbocycles. The molecule has 1 saturated heterocycles. The van der Waals surface area contributed by atoms with Crippen molar-refractivity contribution in [3.8, 4) is 0 Å². The van der Waals surface area contributed by atoms with Gasteiger partial charge in [-0.05, 0) is 65.6 Å². The van der Waals surface area contributed by atoms with E-state index in [0.29, 0.717) is 11.3 Å². The van der Waals surface area contributed by atoms with E-state index in [1.54, 1.807) is 0 Å². The monoisotopic (exact) mass is 445 g/mol. The second kappa shape index (κ2) is 8.06. The molecule has 1 aromatic heterocycles. The van der Waals surface area contributed by atoms with Gasteiger partial charge in [-0.1, -0.05) is 51.1 Å². The van der Waals surface area contributed by atoms with Crippen molar-refractivity contribution in [1.82, 2.24) is 0 Å². The number of carbonyl (C=O) groups excluding carboxylic acids is 2. The van der Waals surface area contributed by atoms with Gasteiger partial charge in [0.2, 0.25) is 0 Å². The topological polar surface area (TPSA) is 57.6 Å². The fourth-order valence-corrected chi connectivity index (χ4v) is 5.11. The lowest BCUT2D eigenvalue weighted by Crippen LogP contribution is -2.29. The van der Waals surface area contributed by atoms with E-state index >= 15 is 0 Å². The van der Waals surface area contributed by atoms with E-state index in [1.807, 2.05) is 73.8 Å². The SMILES string of the molecule is Cc1ccc(C(C)(C)C)cc1/C(O)=C1\C(=O)C(=O)N(c2ccccc2)C1c1sccc1C. The highest BCUT2D eigenvalue weighted by Gasteiger charge is 2.48. The Labute approximate surface area is 192 Å². The minimum absolute atomic E-state index is 0.122. The number of benzene rings is 2. The molecule has 1 fully saturated rings. The molecule has 1 aliphatic rings. The molecule has 4 nitrogen and oxygen atoms in total. The van der Waals surface area contributed by atoms with Gasteiger partial charge >= 0.3 is 0 Å². The smallest absolute Gasteiger partial charge is 0.300 e. The molecule has 2 heterocycles. The van der Waals surface area contributed by atoms with E-state index in [-0.39, 0.29) is 16.7 Å². The zero-order chi connectivity index (χ0) is 23.2. The molecule has 0 saturated carbocycles. The summed E-state index contributed by atoms with van der Waals surface area (Å²) in [5, 5.41) is 13.4. The van der Waals surface area contributed by atoms with Crippen molar-refractivity contribution in [1.29, 1.82) is 0 Å². The van der Waals surface area contributed by atoms with Crippen LogP contribution in [0.3, 0.4) is 0 Å². The molecule has 1 N–H and O–H groups in total. The van der Waals surface area contributed by atoms with Gasteiger partial charge in [-0.25, -0.2) is 0 Å². The average molecular weight is 446 g/mol. The number of aliphatic hydroxyl groups excluding tert-OH is 1. The molecule has 4 rings (SSSR count). The Morgan fingerprint density at radius 2 is 1.66 bits per heavy atom. The summed E-state index contributed by atoms with van der Waals surface area (Å²) >= 11 is 1.49. The van der Waals surface area contributed by atoms with Crippen molar-refractivity contribution < 1.29 is 14.7 Å². The van der Waals surface area contributed by atoms with Crippen molar-refractivity contribution in [3.63, 3.8) is 0 Å². The van der Waals surface area contributed by atoms with Crippen LogP contribution < -0.4 is 4.90 Å². The van der Waals surface area contributed by atoms with Crippen LogP contribution in [0.2, 0.25) is 0 Å². The van der Waals surface area contributed by atoms with E-state index in [2.05, 4.69) is 20.8 Å². The quantitative estimate of drug-likeness (QED) is 0.293. The van der Waals surface area contributed by atoms with Gasteiger partial charge in [0.1, 0.15) is 11.8 Å². The van der Waals surface area contributed by atoms with Crippen LogP contribution >= 0.6 is 11.3 Å². The number of rotatable bonds is 3. The molecule has 5 heteroatoms. The number of hydrogen-bond donors (Lipinski definition) is 1. The second-order valence-electron chi connectivity index (χ2n) is 9.25. The fourth-order valence-electron chi connectivity index (χ4n) is 4.09. The lowest BCUT2D eigenvalue weighted by molar-refractivity contribution is -0.132. The lowest BCUT2D eigenvalue weighted by atomic mass is 9.84. The highest BCUT2D eigenvalue weighted by atomic mass is 32.1. The lowest BCUT2D eigenvalue weighted by Gasteiger charge is -2.25. The van der Waals surface area contributed by atoms with Crippen LogP contribution in [-0.4, -0.2) is 16.8 Å². The highest BCUT2D eigenvalue weighted by molar-refractivity contribution is 7.10. The van der Waals surface area contributed by atoms with Gasteiger partial charge in [-0.2, -0.15) is 0 Å². The van der Waals surface area contributed by atoms with E-state index in [9.17, 15) is 14.7 Å². The summed E-state index contributed by atoms with van der Waals surface area (Å²) < 4.78 is 0. The third kappa shape index (κ3) is 3.67. The van der Waals surface area contributed by atoms with Gasteiger partial charge in [0, 0.05) is 16.1 Å². The van der Waals surface area contributed by atoms with Gasteiger partial charge in [-0.3, -0.25) is 14.5 Å². The first kappa shape index (κ1) is 22.0. The number of nitrogens with zero attached hydrogens (tertiary/aromatic N) is 1. The van der Waals surface area contributed by atoms with Crippen LogP contribution in [-0.2, 0) is 15.0 Å². The van der Waals surface area contributed by atoms with Gasteiger partial charge < -0.3 is 5.11 Å². The number of amides is 1. The molecule has 1 amide bonds. The standard InChI is InChI=1S/C27H27NO3S/c1-16-11-12-18(27(3,4)5)15-20(16)23(29)21-22(25-17(2)13-14-32-25)28(26(31)24(21)30)19-9-7-6-8-10-19/h6-15,22,29H,1-5H3/b23-21+. The highest BCUT2D eigenvalue weighted by Crippen LogP contribution is 2.45. The van der Waals surface area contributed by atoms with Gasteiger partial charge in [0.15, 0.2) is 0 Å². The normalized spacial score (nSPS) is 18.4. The zero-order valence-corrected chi connectivity index (χ0v) is 19.8. The molecule has 1 unspecified atom stereocenters. The molecule has 1 atom stereocenters. The summed E-state index contributed by atoms with van der Waals surface area (Å²) in [4.78, 5) is 28.9. The predicted molar refractivity (Wildman–Crippen MR) is 130 cm³/mol. The maximum absolute atomic E-state index is 13.3. The Balaban J connectivity index is 1.98. The number of carbonyl (C=O) groups is 2. The number of anilines is 1. The van der Waals surface area contributed by atoms with Crippen molar-refractivity contribution in [3.05, 3.63) is 92.7 Å². The van der Waals surface area contributed by atoms with E-state index < -0.39 is 17.7 Å². The third-order valence-corrected chi connectivity index (χ3v) is 7.06. The zero-order valence-electron chi connectivity index (χ0n) is 19.0. The van der Waals surface area contributed by atoms with Gasteiger partial charge in [0.25, 0.3) is 11.7 Å². The van der Waals surface area contributed by atoms with Crippen LogP contribution in [0.1, 0.15) is 53.9 Å². The number of aryl methyl sites for hydroxylation is 2. The molecule has 2 aromatic carbocycles. The summed E-state index contributed by atoms with van der Waals surface area (Å²) in [6.45, 7) is 10.2. The molecular formula is C27H27NO3S. The van der Waals surface area contributed by atoms with Gasteiger partial charge in [-0.15, -0.1) is 11.3 Å². The number of ketones is 1. The predicted octanol–water partition coefficient (Wildman–Crippen LogP) is 6.29.